The molecule has 21 heavy (non-hydrogen) atoms. The number of hydrogen-bond donors (Lipinski definition) is 1. The fourth-order valence-corrected chi connectivity index (χ4v) is 1.95. The van der Waals surface area contributed by atoms with Crippen LogP contribution < -0.4 is 5.63 Å². The van der Waals surface area contributed by atoms with Crippen LogP contribution in [0.5, 0.6) is 5.75 Å². The Hall–Kier alpha value is -2.96. The Kier molecular flexibility index (Phi) is 3.84. The van der Waals surface area contributed by atoms with Gasteiger partial charge in [-0.05, 0) is 6.92 Å². The standard InChI is InChI=1S/C14H11NO6/c1-8-6-11(16)13(14(18)21-8)12(17)7-9-4-2-3-5-10(9)15(19)20/h2-6,16H,7H2,1H3. The van der Waals surface area contributed by atoms with Crippen LogP contribution in [0.15, 0.2) is 39.5 Å². The largest absolute Gasteiger partial charge is 0.507 e. The maximum atomic E-state index is 12.1. The van der Waals surface area contributed by atoms with Gasteiger partial charge >= 0.3 is 5.63 Å². The molecule has 0 fully saturated rings. The van der Waals surface area contributed by atoms with E-state index in [0.29, 0.717) is 0 Å². The zero-order chi connectivity index (χ0) is 15.6. The highest BCUT2D eigenvalue weighted by Gasteiger charge is 2.22. The van der Waals surface area contributed by atoms with Crippen LogP contribution in [0.25, 0.3) is 0 Å². The second-order valence-electron chi connectivity index (χ2n) is 4.39. The third-order valence-electron chi connectivity index (χ3n) is 2.87. The molecule has 1 N–H and O–H groups in total. The molecule has 1 heterocycles. The molecule has 1 aromatic heterocycles. The van der Waals surface area contributed by atoms with E-state index in [1.165, 1.54) is 25.1 Å². The molecule has 0 aliphatic rings. The van der Waals surface area contributed by atoms with Gasteiger partial charge in [-0.15, -0.1) is 0 Å². The highest BCUT2D eigenvalue weighted by molar-refractivity contribution is 5.99. The van der Waals surface area contributed by atoms with Crippen LogP contribution in [-0.4, -0.2) is 15.8 Å². The Morgan fingerprint density at radius 2 is 2.05 bits per heavy atom. The summed E-state index contributed by atoms with van der Waals surface area (Å²) in [5.74, 6) is -1.07. The Morgan fingerprint density at radius 3 is 2.67 bits per heavy atom. The number of nitro groups is 1. The molecular weight excluding hydrogens is 278 g/mol. The summed E-state index contributed by atoms with van der Waals surface area (Å²) in [7, 11) is 0. The van der Waals surface area contributed by atoms with Crippen LogP contribution in [0.3, 0.4) is 0 Å². The predicted molar refractivity (Wildman–Crippen MR) is 72.5 cm³/mol. The van der Waals surface area contributed by atoms with E-state index in [-0.39, 0.29) is 23.4 Å². The molecule has 1 aromatic carbocycles. The van der Waals surface area contributed by atoms with Gasteiger partial charge in [0.25, 0.3) is 5.69 Å². The van der Waals surface area contributed by atoms with Crippen molar-refractivity contribution in [1.29, 1.82) is 0 Å². The minimum absolute atomic E-state index is 0.159. The number of ketones is 1. The summed E-state index contributed by atoms with van der Waals surface area (Å²) in [6.07, 6.45) is -0.376. The summed E-state index contributed by atoms with van der Waals surface area (Å²) in [6.45, 7) is 1.46. The smallest absolute Gasteiger partial charge is 0.350 e. The number of para-hydroxylation sites is 1. The van der Waals surface area contributed by atoms with E-state index < -0.39 is 27.6 Å². The zero-order valence-corrected chi connectivity index (χ0v) is 11.0. The van der Waals surface area contributed by atoms with Crippen LogP contribution in [-0.2, 0) is 6.42 Å². The highest BCUT2D eigenvalue weighted by Crippen LogP contribution is 2.22. The van der Waals surface area contributed by atoms with E-state index in [1.807, 2.05) is 0 Å². The van der Waals surface area contributed by atoms with Gasteiger partial charge in [-0.25, -0.2) is 4.79 Å². The van der Waals surface area contributed by atoms with Gasteiger partial charge in [0, 0.05) is 24.1 Å². The molecule has 108 valence electrons. The van der Waals surface area contributed by atoms with Gasteiger partial charge in [0.1, 0.15) is 17.1 Å². The number of carbonyl (C=O) groups excluding carboxylic acids is 1. The topological polar surface area (TPSA) is 111 Å². The van der Waals surface area contributed by atoms with Gasteiger partial charge in [0.15, 0.2) is 5.78 Å². The summed E-state index contributed by atoms with van der Waals surface area (Å²) in [4.78, 5) is 34.0. The van der Waals surface area contributed by atoms with Crippen molar-refractivity contribution in [2.75, 3.05) is 0 Å². The lowest BCUT2D eigenvalue weighted by Crippen LogP contribution is -2.17. The molecule has 0 radical (unpaired) electrons. The predicted octanol–water partition coefficient (Wildman–Crippen LogP) is 1.99. The fraction of sp³-hybridized carbons (Fsp3) is 0.143. The molecule has 0 aliphatic carbocycles. The third kappa shape index (κ3) is 2.97. The minimum atomic E-state index is -0.962. The van der Waals surface area contributed by atoms with E-state index in [9.17, 15) is 24.8 Å². The Bertz CT molecular complexity index is 777. The second-order valence-corrected chi connectivity index (χ2v) is 4.39. The van der Waals surface area contributed by atoms with E-state index in [0.717, 1.165) is 6.07 Å². The van der Waals surface area contributed by atoms with Gasteiger partial charge in [-0.3, -0.25) is 14.9 Å². The molecule has 0 amide bonds. The lowest BCUT2D eigenvalue weighted by Gasteiger charge is -2.04. The molecule has 0 bridgehead atoms. The van der Waals surface area contributed by atoms with Crippen molar-refractivity contribution < 1.29 is 19.2 Å². The number of nitro benzene ring substituents is 1. The summed E-state index contributed by atoms with van der Waals surface area (Å²) in [5, 5.41) is 20.6. The third-order valence-corrected chi connectivity index (χ3v) is 2.87. The van der Waals surface area contributed by atoms with E-state index in [1.54, 1.807) is 6.07 Å². The Labute approximate surface area is 118 Å². The molecule has 0 spiro atoms. The molecule has 2 rings (SSSR count). The summed E-state index contributed by atoms with van der Waals surface area (Å²) in [5.41, 5.74) is -1.52. The van der Waals surface area contributed by atoms with E-state index in [4.69, 9.17) is 4.42 Å². The molecule has 0 saturated carbocycles. The SMILES string of the molecule is Cc1cc(O)c(C(=O)Cc2ccccc2[N+](=O)[O-])c(=O)o1. The van der Waals surface area contributed by atoms with Crippen molar-refractivity contribution in [2.45, 2.75) is 13.3 Å². The van der Waals surface area contributed by atoms with Gasteiger partial charge < -0.3 is 9.52 Å². The quantitative estimate of drug-likeness (QED) is 0.523. The number of Topliss-reactive ketones (excluding diaryl/α,β-unsaturated/α-hetero) is 1. The van der Waals surface area contributed by atoms with Crippen molar-refractivity contribution in [3.8, 4) is 5.75 Å². The molecule has 0 unspecified atom stereocenters. The van der Waals surface area contributed by atoms with Crippen molar-refractivity contribution in [3.63, 3.8) is 0 Å². The average Bonchev–Trinajstić information content (AvgIpc) is 2.37. The van der Waals surface area contributed by atoms with Gasteiger partial charge in [0.05, 0.1) is 4.92 Å². The lowest BCUT2D eigenvalue weighted by molar-refractivity contribution is -0.385. The van der Waals surface area contributed by atoms with Gasteiger partial charge in [0.2, 0.25) is 0 Å². The monoisotopic (exact) mass is 289 g/mol. The van der Waals surface area contributed by atoms with Crippen LogP contribution in [0.1, 0.15) is 21.7 Å². The van der Waals surface area contributed by atoms with Crippen molar-refractivity contribution in [2.24, 2.45) is 0 Å². The molecule has 2 aromatic rings. The molecule has 7 heteroatoms. The first-order valence-corrected chi connectivity index (χ1v) is 5.99. The number of hydrogen-bond acceptors (Lipinski definition) is 6. The van der Waals surface area contributed by atoms with Gasteiger partial charge in [-0.2, -0.15) is 0 Å². The van der Waals surface area contributed by atoms with Crippen LogP contribution in [0, 0.1) is 17.0 Å². The maximum absolute atomic E-state index is 12.1. The van der Waals surface area contributed by atoms with Crippen LogP contribution >= 0.6 is 0 Å². The fourth-order valence-electron chi connectivity index (χ4n) is 1.95. The summed E-state index contributed by atoms with van der Waals surface area (Å²) < 4.78 is 4.76. The van der Waals surface area contributed by atoms with Gasteiger partial charge in [-0.1, -0.05) is 18.2 Å². The molecular formula is C14H11NO6. The average molecular weight is 289 g/mol. The normalized spacial score (nSPS) is 10.3. The van der Waals surface area contributed by atoms with E-state index >= 15 is 0 Å². The second kappa shape index (κ2) is 5.58. The number of rotatable bonds is 4. The Balaban J connectivity index is 2.40. The van der Waals surface area contributed by atoms with Crippen LogP contribution in [0.4, 0.5) is 5.69 Å². The number of aryl methyl sites for hydroxylation is 1. The van der Waals surface area contributed by atoms with Crippen LogP contribution in [0.2, 0.25) is 0 Å². The van der Waals surface area contributed by atoms with E-state index in [2.05, 4.69) is 0 Å². The summed E-state index contributed by atoms with van der Waals surface area (Å²) >= 11 is 0. The Morgan fingerprint density at radius 1 is 1.38 bits per heavy atom. The number of aromatic hydroxyl groups is 1. The highest BCUT2D eigenvalue weighted by atomic mass is 16.6. The number of nitrogens with zero attached hydrogens (tertiary/aromatic N) is 1. The van der Waals surface area contributed by atoms with Crippen molar-refractivity contribution >= 4 is 11.5 Å². The van der Waals surface area contributed by atoms with Crippen molar-refractivity contribution in [1.82, 2.24) is 0 Å². The van der Waals surface area contributed by atoms with Crippen molar-refractivity contribution in [3.05, 3.63) is 67.8 Å². The first-order valence-electron chi connectivity index (χ1n) is 5.99. The zero-order valence-electron chi connectivity index (χ0n) is 11.0. The number of benzene rings is 1. The maximum Gasteiger partial charge on any atom is 0.350 e. The molecule has 0 atom stereocenters. The molecule has 7 nitrogen and oxygen atoms in total. The number of carbonyl (C=O) groups is 1. The molecule has 0 aliphatic heterocycles. The molecule has 0 saturated heterocycles. The first-order chi connectivity index (χ1) is 9.90. The summed E-state index contributed by atoms with van der Waals surface area (Å²) in [6, 6.07) is 6.86. The first kappa shape index (κ1) is 14.4. The lowest BCUT2D eigenvalue weighted by atomic mass is 10.0. The minimum Gasteiger partial charge on any atom is -0.507 e.